The van der Waals surface area contributed by atoms with Crippen LogP contribution in [0.3, 0.4) is 0 Å². The highest BCUT2D eigenvalue weighted by Gasteiger charge is 2.78. The van der Waals surface area contributed by atoms with Crippen molar-refractivity contribution in [2.24, 2.45) is 29.1 Å². The Labute approximate surface area is 214 Å². The summed E-state index contributed by atoms with van der Waals surface area (Å²) in [6.07, 6.45) is 8.86. The molecule has 194 valence electrons. The van der Waals surface area contributed by atoms with Crippen LogP contribution in [0.1, 0.15) is 53.0 Å². The van der Waals surface area contributed by atoms with Gasteiger partial charge in [-0.15, -0.1) is 0 Å². The summed E-state index contributed by atoms with van der Waals surface area (Å²) in [6, 6.07) is 10.0. The fraction of sp³-hybridized carbons (Fsp3) is 0.600. The molecule has 1 saturated carbocycles. The Balaban J connectivity index is 1.68. The molecule has 4 aliphatic rings. The number of allylic oxidation sites excluding steroid dienone is 1. The number of carbonyl (C=O) groups excluding carboxylic acids is 2. The van der Waals surface area contributed by atoms with Gasteiger partial charge in [-0.2, -0.15) is 0 Å². The molecule has 2 N–H and O–H groups in total. The van der Waals surface area contributed by atoms with Crippen LogP contribution in [0.15, 0.2) is 54.6 Å². The molecule has 2 aliphatic carbocycles. The number of hydrogen-bond acceptors (Lipinski definition) is 5. The number of amides is 1. The molecule has 2 saturated heterocycles. The standard InChI is InChI=1S/C30H39NO5/c1-18-10-9-13-22-26-29(5,36-26)19(2)25-23(16-21-11-7-6-8-12-21)31-27(33)30(22,25)24(35-20(3)32)14-15-28(4,34)17-18/h6-9,11-15,18-19,22-26,34H,10,16-17H2,1-5H3,(H,31,33)/b13-9+,15-14+/t18-,19-,22?,23-,24+,25-,26-,28+,29+,30+/m0/s1. The highest BCUT2D eigenvalue weighted by atomic mass is 16.6. The molecule has 36 heavy (non-hydrogen) atoms. The smallest absolute Gasteiger partial charge is 0.303 e. The van der Waals surface area contributed by atoms with Gasteiger partial charge < -0.3 is 19.9 Å². The van der Waals surface area contributed by atoms with Crippen LogP contribution in [0, 0.1) is 29.1 Å². The van der Waals surface area contributed by atoms with Gasteiger partial charge in [0.2, 0.25) is 5.91 Å². The monoisotopic (exact) mass is 493 g/mol. The molecule has 3 fully saturated rings. The fourth-order valence-electron chi connectivity index (χ4n) is 7.54. The van der Waals surface area contributed by atoms with Crippen LogP contribution in [0.4, 0.5) is 0 Å². The van der Waals surface area contributed by atoms with Gasteiger partial charge >= 0.3 is 5.97 Å². The zero-order chi connectivity index (χ0) is 25.9. The second kappa shape index (κ2) is 8.84. The summed E-state index contributed by atoms with van der Waals surface area (Å²) < 4.78 is 12.4. The summed E-state index contributed by atoms with van der Waals surface area (Å²) in [7, 11) is 0. The Bertz CT molecular complexity index is 1080. The number of carbonyl (C=O) groups is 2. The number of hydrogen-bond donors (Lipinski definition) is 2. The zero-order valence-electron chi connectivity index (χ0n) is 21.9. The zero-order valence-corrected chi connectivity index (χ0v) is 21.9. The van der Waals surface area contributed by atoms with E-state index in [4.69, 9.17) is 9.47 Å². The number of esters is 1. The lowest BCUT2D eigenvalue weighted by Crippen LogP contribution is -2.60. The molecule has 6 heteroatoms. The molecule has 1 amide bonds. The van der Waals surface area contributed by atoms with E-state index in [9.17, 15) is 14.7 Å². The van der Waals surface area contributed by atoms with Gasteiger partial charge in [0, 0.05) is 24.8 Å². The lowest BCUT2D eigenvalue weighted by Gasteiger charge is -2.49. The minimum atomic E-state index is -1.08. The first-order valence-corrected chi connectivity index (χ1v) is 13.3. The molecule has 1 aromatic carbocycles. The van der Waals surface area contributed by atoms with E-state index >= 15 is 0 Å². The van der Waals surface area contributed by atoms with Gasteiger partial charge in [-0.05, 0) is 56.6 Å². The normalized spacial score (nSPS) is 47.3. The van der Waals surface area contributed by atoms with Crippen LogP contribution in [0.25, 0.3) is 0 Å². The Morgan fingerprint density at radius 2 is 1.92 bits per heavy atom. The highest BCUT2D eigenvalue weighted by molar-refractivity contribution is 5.89. The first kappa shape index (κ1) is 25.2. The maximum atomic E-state index is 14.3. The average molecular weight is 494 g/mol. The van der Waals surface area contributed by atoms with Crippen LogP contribution in [-0.4, -0.2) is 46.4 Å². The Morgan fingerprint density at radius 1 is 1.19 bits per heavy atom. The molecule has 1 spiro atoms. The maximum absolute atomic E-state index is 14.3. The second-order valence-electron chi connectivity index (χ2n) is 12.0. The quantitative estimate of drug-likeness (QED) is 0.378. The largest absolute Gasteiger partial charge is 0.457 e. The molecule has 6 nitrogen and oxygen atoms in total. The minimum Gasteiger partial charge on any atom is -0.457 e. The summed E-state index contributed by atoms with van der Waals surface area (Å²) in [5.74, 6) is -0.642. The van der Waals surface area contributed by atoms with Crippen molar-refractivity contribution in [3.8, 4) is 0 Å². The maximum Gasteiger partial charge on any atom is 0.303 e. The third-order valence-corrected chi connectivity index (χ3v) is 9.24. The van der Waals surface area contributed by atoms with Gasteiger partial charge in [0.15, 0.2) is 0 Å². The van der Waals surface area contributed by atoms with E-state index in [1.165, 1.54) is 6.92 Å². The van der Waals surface area contributed by atoms with Crippen LogP contribution in [0.2, 0.25) is 0 Å². The van der Waals surface area contributed by atoms with Gasteiger partial charge in [-0.3, -0.25) is 9.59 Å². The van der Waals surface area contributed by atoms with Gasteiger partial charge in [-0.1, -0.05) is 62.4 Å². The molecule has 0 radical (unpaired) electrons. The topological polar surface area (TPSA) is 88.2 Å². The van der Waals surface area contributed by atoms with Crippen molar-refractivity contribution in [3.05, 3.63) is 60.2 Å². The van der Waals surface area contributed by atoms with E-state index < -0.39 is 23.1 Å². The van der Waals surface area contributed by atoms with Gasteiger partial charge in [0.1, 0.15) is 11.5 Å². The molecule has 2 aliphatic heterocycles. The van der Waals surface area contributed by atoms with Crippen molar-refractivity contribution in [2.45, 2.75) is 83.3 Å². The van der Waals surface area contributed by atoms with E-state index in [0.717, 1.165) is 12.0 Å². The number of fused-ring (bicyclic) bond motifs is 2. The van der Waals surface area contributed by atoms with E-state index in [1.54, 1.807) is 19.1 Å². The van der Waals surface area contributed by atoms with Crippen molar-refractivity contribution in [3.63, 3.8) is 0 Å². The van der Waals surface area contributed by atoms with Crippen LogP contribution in [0.5, 0.6) is 0 Å². The van der Waals surface area contributed by atoms with E-state index in [1.807, 2.05) is 18.2 Å². The van der Waals surface area contributed by atoms with E-state index in [0.29, 0.717) is 12.8 Å². The SMILES string of the molecule is CC(=O)O[C@@H]1/C=C/[C@@](C)(O)C[C@@H](C)C/C=C/C2[C@@H]3O[C@]3(C)[C@@H](C)[C@H]3[C@H](Cc4ccccc4)NC(=O)[C@@]231. The van der Waals surface area contributed by atoms with Crippen molar-refractivity contribution in [1.82, 2.24) is 5.32 Å². The number of benzene rings is 1. The number of rotatable bonds is 3. The van der Waals surface area contributed by atoms with Crippen LogP contribution < -0.4 is 5.32 Å². The molecule has 5 rings (SSSR count). The molecular formula is C30H39NO5. The van der Waals surface area contributed by atoms with Gasteiger partial charge in [-0.25, -0.2) is 0 Å². The minimum absolute atomic E-state index is 0.0517. The van der Waals surface area contributed by atoms with Crippen molar-refractivity contribution in [2.75, 3.05) is 0 Å². The van der Waals surface area contributed by atoms with Crippen molar-refractivity contribution < 1.29 is 24.2 Å². The number of nitrogens with one attached hydrogen (secondary N) is 1. The highest BCUT2D eigenvalue weighted by Crippen LogP contribution is 2.67. The van der Waals surface area contributed by atoms with E-state index in [2.05, 4.69) is 50.4 Å². The molecule has 0 bridgehead atoms. The predicted octanol–water partition coefficient (Wildman–Crippen LogP) is 3.98. The molecule has 2 heterocycles. The van der Waals surface area contributed by atoms with Gasteiger partial charge in [0.05, 0.1) is 17.3 Å². The van der Waals surface area contributed by atoms with Crippen LogP contribution >= 0.6 is 0 Å². The summed E-state index contributed by atoms with van der Waals surface area (Å²) in [4.78, 5) is 26.7. The lowest BCUT2D eigenvalue weighted by molar-refractivity contribution is -0.162. The average Bonchev–Trinajstić information content (AvgIpc) is 3.42. The molecule has 10 atom stereocenters. The second-order valence-corrected chi connectivity index (χ2v) is 12.0. The Morgan fingerprint density at radius 3 is 2.61 bits per heavy atom. The third-order valence-electron chi connectivity index (χ3n) is 9.24. The van der Waals surface area contributed by atoms with Crippen molar-refractivity contribution in [1.29, 1.82) is 0 Å². The number of ether oxygens (including phenoxy) is 2. The molecule has 1 unspecified atom stereocenters. The summed E-state index contributed by atoms with van der Waals surface area (Å²) in [6.45, 7) is 9.59. The fourth-order valence-corrected chi connectivity index (χ4v) is 7.54. The predicted molar refractivity (Wildman–Crippen MR) is 137 cm³/mol. The molecule has 1 aromatic rings. The first-order valence-electron chi connectivity index (χ1n) is 13.3. The third kappa shape index (κ3) is 4.03. The Kier molecular flexibility index (Phi) is 6.19. The first-order chi connectivity index (χ1) is 17.0. The van der Waals surface area contributed by atoms with Crippen LogP contribution in [-0.2, 0) is 25.5 Å². The van der Waals surface area contributed by atoms with Gasteiger partial charge in [0.25, 0.3) is 0 Å². The Hall–Kier alpha value is -2.44. The number of aliphatic hydroxyl groups is 1. The summed E-state index contributed by atoms with van der Waals surface area (Å²) in [5, 5.41) is 14.5. The van der Waals surface area contributed by atoms with Crippen molar-refractivity contribution >= 4 is 11.9 Å². The number of epoxide rings is 1. The molecule has 0 aromatic heterocycles. The summed E-state index contributed by atoms with van der Waals surface area (Å²) >= 11 is 0. The summed E-state index contributed by atoms with van der Waals surface area (Å²) in [5.41, 5.74) is -1.31. The van der Waals surface area contributed by atoms with E-state index in [-0.39, 0.29) is 47.3 Å². The lowest BCUT2D eigenvalue weighted by atomic mass is 9.51. The molecular weight excluding hydrogens is 454 g/mol.